The number of morpholine rings is 1. The van der Waals surface area contributed by atoms with Crippen LogP contribution in [0.25, 0.3) is 22.2 Å². The van der Waals surface area contributed by atoms with Gasteiger partial charge in [0, 0.05) is 37.6 Å². The van der Waals surface area contributed by atoms with E-state index in [0.29, 0.717) is 19.8 Å². The van der Waals surface area contributed by atoms with Gasteiger partial charge in [0.25, 0.3) is 0 Å². The van der Waals surface area contributed by atoms with Crippen molar-refractivity contribution in [3.8, 4) is 22.9 Å². The Kier molecular flexibility index (Phi) is 6.86. The summed E-state index contributed by atoms with van der Waals surface area (Å²) in [5.74, 6) is 0.810. The van der Waals surface area contributed by atoms with E-state index in [2.05, 4.69) is 27.1 Å². The van der Waals surface area contributed by atoms with Crippen LogP contribution in [0.3, 0.4) is 0 Å². The van der Waals surface area contributed by atoms with E-state index < -0.39 is 6.10 Å². The number of fused-ring (bicyclic) bond motifs is 1. The molecule has 5 rings (SSSR count). The quantitative estimate of drug-likeness (QED) is 0.580. The van der Waals surface area contributed by atoms with Crippen LogP contribution in [0, 0.1) is 17.2 Å². The topological polar surface area (TPSA) is 95.9 Å². The highest BCUT2D eigenvalue weighted by Crippen LogP contribution is 2.35. The van der Waals surface area contributed by atoms with Crippen molar-refractivity contribution in [3.05, 3.63) is 54.6 Å². The lowest BCUT2D eigenvalue weighted by atomic mass is 9.88. The van der Waals surface area contributed by atoms with Crippen molar-refractivity contribution in [1.29, 1.82) is 5.26 Å². The maximum Gasteiger partial charge on any atom is 0.119 e. The first-order valence-electron chi connectivity index (χ1n) is 11.8. The largest absolute Gasteiger partial charge is 0.491 e. The number of hydrogen-bond donors (Lipinski definition) is 1. The van der Waals surface area contributed by atoms with Crippen molar-refractivity contribution in [2.45, 2.75) is 25.4 Å². The molecule has 176 valence electrons. The van der Waals surface area contributed by atoms with Crippen LogP contribution >= 0.6 is 0 Å². The van der Waals surface area contributed by atoms with E-state index in [4.69, 9.17) is 9.47 Å². The van der Waals surface area contributed by atoms with Crippen molar-refractivity contribution in [2.75, 3.05) is 39.5 Å². The normalized spacial score (nSPS) is 20.0. The molecule has 3 aromatic rings. The highest BCUT2D eigenvalue weighted by Gasteiger charge is 2.20. The maximum absolute atomic E-state index is 10.3. The number of hydrogen-bond acceptors (Lipinski definition) is 7. The summed E-state index contributed by atoms with van der Waals surface area (Å²) < 4.78 is 13.0. The Hall–Kier alpha value is -3.25. The first-order valence-corrected chi connectivity index (χ1v) is 11.8. The van der Waals surface area contributed by atoms with Gasteiger partial charge in [-0.1, -0.05) is 18.2 Å². The molecule has 0 saturated carbocycles. The second-order valence-electron chi connectivity index (χ2n) is 8.86. The van der Waals surface area contributed by atoms with Crippen molar-refractivity contribution >= 4 is 11.1 Å². The van der Waals surface area contributed by atoms with Crippen LogP contribution in [0.5, 0.6) is 5.75 Å². The molecule has 0 bridgehead atoms. The number of ether oxygens (including phenoxy) is 2. The van der Waals surface area contributed by atoms with Crippen LogP contribution in [0.4, 0.5) is 0 Å². The maximum atomic E-state index is 10.3. The zero-order valence-corrected chi connectivity index (χ0v) is 19.1. The van der Waals surface area contributed by atoms with E-state index in [9.17, 15) is 10.4 Å². The summed E-state index contributed by atoms with van der Waals surface area (Å²) in [5.41, 5.74) is 5.10. The monoisotopic (exact) mass is 459 g/mol. The molecule has 34 heavy (non-hydrogen) atoms. The average molecular weight is 460 g/mol. The Morgan fingerprint density at radius 2 is 2.06 bits per heavy atom. The number of benzene rings is 1. The third kappa shape index (κ3) is 4.97. The SMILES string of the molecule is N#CC1CC=C(c2nccn3ncc(-c4ccc(OCC(O)CN5CCOCC5)cc4)c23)CC1. The number of nitrogens with zero attached hydrogens (tertiary/aromatic N) is 5. The first-order chi connectivity index (χ1) is 16.7. The summed E-state index contributed by atoms with van der Waals surface area (Å²) in [6, 6.07) is 10.2. The predicted molar refractivity (Wildman–Crippen MR) is 128 cm³/mol. The van der Waals surface area contributed by atoms with E-state index in [1.54, 1.807) is 6.20 Å². The average Bonchev–Trinajstić information content (AvgIpc) is 3.33. The molecule has 1 aromatic carbocycles. The van der Waals surface area contributed by atoms with E-state index in [1.807, 2.05) is 41.2 Å². The van der Waals surface area contributed by atoms with E-state index in [-0.39, 0.29) is 12.5 Å². The van der Waals surface area contributed by atoms with Crippen LogP contribution in [-0.2, 0) is 4.74 Å². The molecule has 1 N–H and O–H groups in total. The minimum atomic E-state index is -0.546. The van der Waals surface area contributed by atoms with E-state index in [1.165, 1.54) is 5.57 Å². The molecule has 0 amide bonds. The highest BCUT2D eigenvalue weighted by molar-refractivity contribution is 5.88. The molecular formula is C26H29N5O3. The van der Waals surface area contributed by atoms with Gasteiger partial charge in [0.05, 0.1) is 42.6 Å². The fourth-order valence-corrected chi connectivity index (χ4v) is 4.61. The lowest BCUT2D eigenvalue weighted by Crippen LogP contribution is -2.42. The molecule has 1 aliphatic carbocycles. The molecule has 2 atom stereocenters. The molecule has 0 spiro atoms. The van der Waals surface area contributed by atoms with Gasteiger partial charge in [0.1, 0.15) is 18.5 Å². The number of rotatable bonds is 7. The van der Waals surface area contributed by atoms with Gasteiger partial charge in [-0.3, -0.25) is 9.88 Å². The highest BCUT2D eigenvalue weighted by atomic mass is 16.5. The van der Waals surface area contributed by atoms with Gasteiger partial charge in [-0.2, -0.15) is 10.4 Å². The van der Waals surface area contributed by atoms with Crippen molar-refractivity contribution in [2.24, 2.45) is 5.92 Å². The zero-order chi connectivity index (χ0) is 23.3. The number of β-amino-alcohol motifs (C(OH)–C–C–N with tert-alkyl or cyclic N) is 1. The Bertz CT molecular complexity index is 1190. The third-order valence-electron chi connectivity index (χ3n) is 6.51. The van der Waals surface area contributed by atoms with Gasteiger partial charge >= 0.3 is 0 Å². The number of nitriles is 1. The van der Waals surface area contributed by atoms with Crippen LogP contribution in [-0.4, -0.2) is 70.2 Å². The molecule has 1 saturated heterocycles. The first kappa shape index (κ1) is 22.5. The molecule has 2 unspecified atom stereocenters. The smallest absolute Gasteiger partial charge is 0.119 e. The van der Waals surface area contributed by atoms with Crippen LogP contribution in [0.15, 0.2) is 48.9 Å². The van der Waals surface area contributed by atoms with Crippen molar-refractivity contribution in [3.63, 3.8) is 0 Å². The molecule has 8 nitrogen and oxygen atoms in total. The van der Waals surface area contributed by atoms with Gasteiger partial charge in [-0.15, -0.1) is 0 Å². The lowest BCUT2D eigenvalue weighted by molar-refractivity contribution is 0.00466. The molecule has 2 aromatic heterocycles. The standard InChI is InChI=1S/C26H29N5O3/c27-15-19-1-3-21(4-2-19)25-26-24(16-29-31(26)10-9-28-25)20-5-7-23(8-6-20)34-18-22(32)17-30-11-13-33-14-12-30/h3,5-10,16,19,22,32H,1-2,4,11-14,17-18H2. The third-order valence-corrected chi connectivity index (χ3v) is 6.51. The second kappa shape index (κ2) is 10.3. The van der Waals surface area contributed by atoms with Crippen LogP contribution in [0.1, 0.15) is 25.0 Å². The Labute approximate surface area is 199 Å². The lowest BCUT2D eigenvalue weighted by Gasteiger charge is -2.28. The summed E-state index contributed by atoms with van der Waals surface area (Å²) in [6.07, 6.45) is 9.57. The number of allylic oxidation sites excluding steroid dienone is 2. The molecule has 1 fully saturated rings. The fraction of sp³-hybridized carbons (Fsp3) is 0.423. The minimum absolute atomic E-state index is 0.0906. The van der Waals surface area contributed by atoms with Crippen molar-refractivity contribution in [1.82, 2.24) is 19.5 Å². The van der Waals surface area contributed by atoms with E-state index in [0.717, 1.165) is 60.4 Å². The summed E-state index contributed by atoms with van der Waals surface area (Å²) >= 11 is 0. The molecular weight excluding hydrogens is 430 g/mol. The fourth-order valence-electron chi connectivity index (χ4n) is 4.61. The zero-order valence-electron chi connectivity index (χ0n) is 19.1. The van der Waals surface area contributed by atoms with Gasteiger partial charge in [-0.25, -0.2) is 4.52 Å². The molecule has 2 aliphatic rings. The van der Waals surface area contributed by atoms with Crippen LogP contribution in [0.2, 0.25) is 0 Å². The van der Waals surface area contributed by atoms with Crippen molar-refractivity contribution < 1.29 is 14.6 Å². The summed E-state index contributed by atoms with van der Waals surface area (Å²) in [7, 11) is 0. The van der Waals surface area contributed by atoms with Gasteiger partial charge in [0.15, 0.2) is 0 Å². The second-order valence-corrected chi connectivity index (χ2v) is 8.86. The summed E-state index contributed by atoms with van der Waals surface area (Å²) in [4.78, 5) is 6.87. The Morgan fingerprint density at radius 1 is 1.24 bits per heavy atom. The predicted octanol–water partition coefficient (Wildman–Crippen LogP) is 3.18. The minimum Gasteiger partial charge on any atom is -0.491 e. The Morgan fingerprint density at radius 3 is 2.79 bits per heavy atom. The van der Waals surface area contributed by atoms with Crippen LogP contribution < -0.4 is 4.74 Å². The van der Waals surface area contributed by atoms with Gasteiger partial charge < -0.3 is 14.6 Å². The molecule has 8 heteroatoms. The summed E-state index contributed by atoms with van der Waals surface area (Å²) in [6.45, 7) is 3.96. The molecule has 1 aliphatic heterocycles. The Balaban J connectivity index is 1.30. The molecule has 0 radical (unpaired) electrons. The number of aliphatic hydroxyl groups excluding tert-OH is 1. The number of aliphatic hydroxyl groups is 1. The number of aromatic nitrogens is 3. The van der Waals surface area contributed by atoms with Gasteiger partial charge in [0.2, 0.25) is 0 Å². The summed E-state index contributed by atoms with van der Waals surface area (Å²) in [5, 5.41) is 24.1. The van der Waals surface area contributed by atoms with Gasteiger partial charge in [-0.05, 0) is 42.5 Å². The van der Waals surface area contributed by atoms with E-state index >= 15 is 0 Å². The molecule has 3 heterocycles.